The smallest absolute Gasteiger partial charge is 0.245 e. The van der Waals surface area contributed by atoms with Gasteiger partial charge in [-0.15, -0.1) is 23.2 Å². The van der Waals surface area contributed by atoms with Crippen LogP contribution in [0.4, 0.5) is 0 Å². The van der Waals surface area contributed by atoms with E-state index in [0.717, 1.165) is 15.9 Å². The molecule has 17 heteroatoms. The predicted molar refractivity (Wildman–Crippen MR) is 346 cm³/mol. The summed E-state index contributed by atoms with van der Waals surface area (Å²) in [5.41, 5.74) is 0. The minimum absolute atomic E-state index is 0. The van der Waals surface area contributed by atoms with Gasteiger partial charge in [0.25, 0.3) is 0 Å². The maximum absolute atomic E-state index is 14.4. The molecule has 0 unspecified atom stereocenters. The molecule has 0 saturated carbocycles. The zero-order valence-electron chi connectivity index (χ0n) is 45.2. The summed E-state index contributed by atoms with van der Waals surface area (Å²) in [4.78, 5) is 28.9. The van der Waals surface area contributed by atoms with E-state index in [4.69, 9.17) is 32.2 Å². The van der Waals surface area contributed by atoms with Crippen LogP contribution in [0.1, 0.15) is 0 Å². The fourth-order valence-corrected chi connectivity index (χ4v) is 23.4. The molecule has 0 atom stereocenters. The molecule has 0 aliphatic carbocycles. The van der Waals surface area contributed by atoms with Gasteiger partial charge in [0.1, 0.15) is 0 Å². The monoisotopic (exact) mass is 1460 g/mol. The molecule has 0 spiro atoms. The van der Waals surface area contributed by atoms with Crippen molar-refractivity contribution >= 4 is 118 Å². The Morgan fingerprint density at radius 1 is 0.250 bits per heavy atom. The van der Waals surface area contributed by atoms with Gasteiger partial charge in [0.2, 0.25) is 14.6 Å². The first kappa shape index (κ1) is 68.8. The van der Waals surface area contributed by atoms with E-state index in [1.807, 2.05) is 237 Å². The second-order valence-electron chi connectivity index (χ2n) is 17.9. The fraction of sp³-hybridized carbons (Fsp3) is 0.0149. The molecule has 426 valence electrons. The van der Waals surface area contributed by atoms with Crippen molar-refractivity contribution in [1.29, 1.82) is 0 Å². The number of nitrogens with zero attached hydrogens (tertiary/aromatic N) is 2. The van der Waals surface area contributed by atoms with E-state index in [9.17, 15) is 23.5 Å². The summed E-state index contributed by atoms with van der Waals surface area (Å²) in [6, 6.07) is 102. The zero-order valence-corrected chi connectivity index (χ0v) is 55.4. The topological polar surface area (TPSA) is 179 Å². The van der Waals surface area contributed by atoms with Crippen LogP contribution in [0.3, 0.4) is 0 Å². The van der Waals surface area contributed by atoms with E-state index < -0.39 is 36.3 Å². The molecule has 0 N–H and O–H groups in total. The SMILES string of the molecule is ClCCl.O=P(N=P([O-])(c1ccccc1)c1ccccc1)(c1ccccc1)c1ccccc1.O=P(N=P([O-])(c1ccccc1)c1ccccc1)(c1ccccc1)c1ccccc1.O=P(c1ccccc1)(c1ccccc1)c1ccccc1.[O-2].[O-2].[U]. The standard InChI is InChI=1S/2C24H20NO2P2.C18H15OP.CH2Cl2.2O.U/c2*26-28(21-13-5-1-6-14-21,22-15-7-2-8-16-22)25-29(27,23-17-9-3-10-18-23)24-19-11-4-12-20-24;19-20(16-10-4-1-5-11-16,17-12-6-2-7-13-17)18-14-8-3-9-15-18;2-1-3;;;/h2*1-20H;1-15H;1H2;;;/q2*-1;;;2*-2;. The van der Waals surface area contributed by atoms with Gasteiger partial charge in [-0.3, -0.25) is 9.13 Å². The first-order valence-electron chi connectivity index (χ1n) is 25.7. The molecule has 0 saturated heterocycles. The van der Waals surface area contributed by atoms with E-state index >= 15 is 0 Å². The molecule has 0 aliphatic heterocycles. The van der Waals surface area contributed by atoms with Crippen molar-refractivity contribution in [3.8, 4) is 0 Å². The Balaban J connectivity index is 0.000000225. The van der Waals surface area contributed by atoms with E-state index in [2.05, 4.69) is 0 Å². The molecule has 9 nitrogen and oxygen atoms in total. The van der Waals surface area contributed by atoms with Crippen LogP contribution >= 0.6 is 59.5 Å². The molecule has 11 aromatic carbocycles. The molecule has 0 bridgehead atoms. The first-order valence-corrected chi connectivity index (χ1v) is 35.1. The summed E-state index contributed by atoms with van der Waals surface area (Å²) in [6.07, 6.45) is 0. The number of hydrogen-bond donors (Lipinski definition) is 0. The summed E-state index contributed by atoms with van der Waals surface area (Å²) in [5.74, 6) is 0. The average molecular weight is 1470 g/mol. The molecule has 84 heavy (non-hydrogen) atoms. The quantitative estimate of drug-likeness (QED) is 0.0822. The van der Waals surface area contributed by atoms with Crippen LogP contribution in [0.15, 0.2) is 343 Å². The van der Waals surface area contributed by atoms with Crippen LogP contribution in [0.25, 0.3) is 0 Å². The second kappa shape index (κ2) is 33.7. The molecule has 0 heterocycles. The van der Waals surface area contributed by atoms with Gasteiger partial charge in [-0.2, -0.15) is 0 Å². The third-order valence-corrected chi connectivity index (χ3v) is 27.8. The largest absolute Gasteiger partial charge is 2.00 e. The third-order valence-electron chi connectivity index (χ3n) is 12.7. The summed E-state index contributed by atoms with van der Waals surface area (Å²) >= 11 is 9.53. The van der Waals surface area contributed by atoms with Crippen LogP contribution in [0.2, 0.25) is 0 Å². The van der Waals surface area contributed by atoms with Crippen molar-refractivity contribution < 1.29 is 65.5 Å². The van der Waals surface area contributed by atoms with Gasteiger partial charge in [0.15, 0.2) is 7.14 Å². The van der Waals surface area contributed by atoms with Crippen LogP contribution in [-0.4, -0.2) is 5.34 Å². The fourth-order valence-electron chi connectivity index (χ4n) is 8.77. The molecule has 11 aromatic rings. The van der Waals surface area contributed by atoms with E-state index in [1.54, 1.807) is 97.1 Å². The van der Waals surface area contributed by atoms with Crippen molar-refractivity contribution in [3.63, 3.8) is 0 Å². The zero-order chi connectivity index (χ0) is 56.9. The van der Waals surface area contributed by atoms with Gasteiger partial charge < -0.3 is 25.3 Å². The van der Waals surface area contributed by atoms with Crippen molar-refractivity contribution in [2.24, 2.45) is 9.03 Å². The maximum atomic E-state index is 14.4. The summed E-state index contributed by atoms with van der Waals surface area (Å²) < 4.78 is 52.2. The average Bonchev–Trinajstić information content (AvgIpc) is 3.48. The minimum atomic E-state index is -3.51. The molecular weight excluding hydrogens is 1410 g/mol. The number of rotatable bonds is 13. The van der Waals surface area contributed by atoms with Gasteiger partial charge in [0.05, 0.1) is 5.34 Å². The van der Waals surface area contributed by atoms with Gasteiger partial charge in [-0.1, -0.05) is 285 Å². The summed E-state index contributed by atoms with van der Waals surface area (Å²) in [5, 5.41) is 7.36. The van der Waals surface area contributed by atoms with Gasteiger partial charge >= 0.3 is 0 Å². The Labute approximate surface area is 527 Å². The molecule has 11 rings (SSSR count). The van der Waals surface area contributed by atoms with Crippen LogP contribution < -0.4 is 68.1 Å². The minimum Gasteiger partial charge on any atom is -2.00 e. The third kappa shape index (κ3) is 16.7. The van der Waals surface area contributed by atoms with Gasteiger partial charge in [-0.05, 0) is 84.3 Å². The maximum Gasteiger partial charge on any atom is 0.245 e. The van der Waals surface area contributed by atoms with E-state index in [0.29, 0.717) is 42.4 Å². The van der Waals surface area contributed by atoms with Crippen LogP contribution in [0, 0.1) is 31.1 Å². The molecule has 0 amide bonds. The molecule has 0 radical (unpaired) electrons. The van der Waals surface area contributed by atoms with Gasteiger partial charge in [-0.25, -0.2) is 9.03 Å². The van der Waals surface area contributed by atoms with Crippen molar-refractivity contribution in [2.45, 2.75) is 0 Å². The summed E-state index contributed by atoms with van der Waals surface area (Å²) in [6.45, 7) is 0. The second-order valence-corrected chi connectivity index (χ2v) is 31.6. The number of halogens is 2. The van der Waals surface area contributed by atoms with Crippen molar-refractivity contribution in [1.82, 2.24) is 0 Å². The van der Waals surface area contributed by atoms with E-state index in [-0.39, 0.29) is 47.4 Å². The van der Waals surface area contributed by atoms with E-state index in [1.165, 1.54) is 0 Å². The number of benzene rings is 11. The predicted octanol–water partition coefficient (Wildman–Crippen LogP) is 12.6. The van der Waals surface area contributed by atoms with Gasteiger partial charge in [0, 0.05) is 68.2 Å². The van der Waals surface area contributed by atoms with Crippen LogP contribution in [0.5, 0.6) is 0 Å². The Kier molecular flexibility index (Phi) is 27.6. The normalized spacial score (nSPS) is 11.0. The van der Waals surface area contributed by atoms with Crippen molar-refractivity contribution in [2.75, 3.05) is 5.34 Å². The molecule has 0 fully saturated rings. The first-order chi connectivity index (χ1) is 39.5. The molecule has 0 aromatic heterocycles. The summed E-state index contributed by atoms with van der Waals surface area (Å²) in [7, 11) is -16.8. The Morgan fingerprint density at radius 2 is 0.369 bits per heavy atom. The van der Waals surface area contributed by atoms with Crippen molar-refractivity contribution in [3.05, 3.63) is 334 Å². The Bertz CT molecular complexity index is 3470. The van der Waals surface area contributed by atoms with Crippen LogP contribution in [-0.2, 0) is 24.6 Å². The Hall–Kier alpha value is -5.96. The molecule has 0 aliphatic rings. The molecular formula is C67H57Cl2N2O7P5U-6. The number of hydrogen-bond acceptors (Lipinski definition) is 5. The number of alkyl halides is 2. The Morgan fingerprint density at radius 3 is 0.512 bits per heavy atom.